The summed E-state index contributed by atoms with van der Waals surface area (Å²) >= 11 is 11.4. The van der Waals surface area contributed by atoms with Gasteiger partial charge in [0.15, 0.2) is 5.75 Å². The van der Waals surface area contributed by atoms with Crippen LogP contribution < -0.4 is 39.4 Å². The minimum Gasteiger partial charge on any atom is -0.546 e. The summed E-state index contributed by atoms with van der Waals surface area (Å²) in [6.07, 6.45) is 0. The van der Waals surface area contributed by atoms with Crippen LogP contribution in [0.25, 0.3) is 0 Å². The molecule has 6 heteroatoms. The summed E-state index contributed by atoms with van der Waals surface area (Å²) in [7, 11) is 0. The molecule has 0 aliphatic carbocycles. The maximum atomic E-state index is 10.1. The fourth-order valence-electron chi connectivity index (χ4n) is 0.752. The molecule has 0 bridgehead atoms. The van der Waals surface area contributed by atoms with Gasteiger partial charge >= 0.3 is 29.6 Å². The average Bonchev–Trinajstić information content (AvgIpc) is 2.03. The predicted octanol–water partition coefficient (Wildman–Crippen LogP) is -1.87. The summed E-state index contributed by atoms with van der Waals surface area (Å²) in [5.74, 6) is -1.16. The standard InChI is InChI=1S/C8H6Cl2O3.Na/c9-5-2-1-3-6(10)8(5)13-4-7(11)12;/h1-3H,4H2,(H,11,12);/q;+1/p-1. The molecule has 0 saturated heterocycles. The Morgan fingerprint density at radius 2 is 1.86 bits per heavy atom. The van der Waals surface area contributed by atoms with Crippen LogP contribution in [0, 0.1) is 0 Å². The molecule has 3 nitrogen and oxygen atoms in total. The van der Waals surface area contributed by atoms with E-state index in [9.17, 15) is 9.90 Å². The number of carbonyl (C=O) groups is 1. The van der Waals surface area contributed by atoms with Gasteiger partial charge in [-0.2, -0.15) is 0 Å². The van der Waals surface area contributed by atoms with Gasteiger partial charge in [-0.3, -0.25) is 0 Å². The van der Waals surface area contributed by atoms with Gasteiger partial charge in [0, 0.05) is 0 Å². The van der Waals surface area contributed by atoms with Crippen molar-refractivity contribution in [2.75, 3.05) is 6.61 Å². The minimum atomic E-state index is -1.32. The first kappa shape index (κ1) is 14.1. The molecule has 1 aromatic carbocycles. The first-order valence-corrected chi connectivity index (χ1v) is 4.13. The fraction of sp³-hybridized carbons (Fsp3) is 0.125. The number of ether oxygens (including phenoxy) is 1. The quantitative estimate of drug-likeness (QED) is 0.584. The maximum absolute atomic E-state index is 10.1. The third-order valence-electron chi connectivity index (χ3n) is 1.25. The van der Waals surface area contributed by atoms with Crippen LogP contribution in [0.4, 0.5) is 0 Å². The van der Waals surface area contributed by atoms with Crippen molar-refractivity contribution in [3.63, 3.8) is 0 Å². The molecule has 0 saturated carbocycles. The van der Waals surface area contributed by atoms with E-state index in [1.54, 1.807) is 18.2 Å². The Bertz CT molecular complexity index is 310. The zero-order valence-corrected chi connectivity index (χ0v) is 10.9. The van der Waals surface area contributed by atoms with Crippen LogP contribution in [-0.4, -0.2) is 12.6 Å². The van der Waals surface area contributed by atoms with E-state index in [0.717, 1.165) is 0 Å². The number of hydrogen-bond acceptors (Lipinski definition) is 3. The SMILES string of the molecule is O=C([O-])COc1c(Cl)cccc1Cl.[Na+]. The Hall–Kier alpha value is 0.0700. The second kappa shape index (κ2) is 6.53. The molecule has 0 aliphatic rings. The molecule has 0 radical (unpaired) electrons. The Balaban J connectivity index is 0.00000169. The summed E-state index contributed by atoms with van der Waals surface area (Å²) in [4.78, 5) is 10.1. The van der Waals surface area contributed by atoms with Crippen molar-refractivity contribution in [3.05, 3.63) is 28.2 Å². The Labute approximate surface area is 113 Å². The first-order chi connectivity index (χ1) is 6.11. The summed E-state index contributed by atoms with van der Waals surface area (Å²) in [5, 5.41) is 10.6. The molecule has 14 heavy (non-hydrogen) atoms. The molecule has 0 aliphatic heterocycles. The average molecular weight is 243 g/mol. The van der Waals surface area contributed by atoms with Gasteiger partial charge < -0.3 is 14.6 Å². The van der Waals surface area contributed by atoms with Crippen molar-refractivity contribution in [2.45, 2.75) is 0 Å². The van der Waals surface area contributed by atoms with Gasteiger partial charge in [0.05, 0.1) is 16.0 Å². The number of rotatable bonds is 3. The Kier molecular flexibility index (Phi) is 6.57. The van der Waals surface area contributed by atoms with Gasteiger partial charge in [-0.05, 0) is 12.1 Å². The molecule has 1 aromatic rings. The number of benzene rings is 1. The first-order valence-electron chi connectivity index (χ1n) is 3.38. The van der Waals surface area contributed by atoms with E-state index in [-0.39, 0.29) is 45.4 Å². The topological polar surface area (TPSA) is 49.4 Å². The summed E-state index contributed by atoms with van der Waals surface area (Å²) < 4.78 is 4.80. The molecule has 0 spiro atoms. The molecule has 0 atom stereocenters. The molecule has 0 amide bonds. The van der Waals surface area contributed by atoms with Crippen molar-refractivity contribution in [2.24, 2.45) is 0 Å². The van der Waals surface area contributed by atoms with Crippen molar-refractivity contribution >= 4 is 29.2 Å². The molecular formula is C8H5Cl2NaO3. The molecule has 70 valence electrons. The number of hydrogen-bond donors (Lipinski definition) is 0. The molecule has 0 N–H and O–H groups in total. The molecule has 0 unspecified atom stereocenters. The van der Waals surface area contributed by atoms with Crippen molar-refractivity contribution in [1.82, 2.24) is 0 Å². The van der Waals surface area contributed by atoms with Crippen molar-refractivity contribution in [3.8, 4) is 5.75 Å². The monoisotopic (exact) mass is 242 g/mol. The summed E-state index contributed by atoms with van der Waals surface area (Å²) in [6.45, 7) is -0.566. The fourth-order valence-corrected chi connectivity index (χ4v) is 1.26. The van der Waals surface area contributed by atoms with Crippen molar-refractivity contribution < 1.29 is 44.2 Å². The third-order valence-corrected chi connectivity index (χ3v) is 1.85. The van der Waals surface area contributed by atoms with Crippen LogP contribution in [-0.2, 0) is 4.79 Å². The van der Waals surface area contributed by atoms with E-state index in [1.165, 1.54) is 0 Å². The van der Waals surface area contributed by atoms with Gasteiger partial charge in [-0.1, -0.05) is 29.3 Å². The minimum absolute atomic E-state index is 0. The van der Waals surface area contributed by atoms with Crippen LogP contribution in [0.5, 0.6) is 5.75 Å². The normalized spacial score (nSPS) is 9.00. The van der Waals surface area contributed by atoms with E-state index < -0.39 is 12.6 Å². The Morgan fingerprint density at radius 1 is 1.36 bits per heavy atom. The van der Waals surface area contributed by atoms with Gasteiger partial charge in [0.2, 0.25) is 0 Å². The smallest absolute Gasteiger partial charge is 0.546 e. The zero-order valence-electron chi connectivity index (χ0n) is 7.42. The Morgan fingerprint density at radius 3 is 2.29 bits per heavy atom. The summed E-state index contributed by atoms with van der Waals surface area (Å²) in [6, 6.07) is 4.74. The van der Waals surface area contributed by atoms with Crippen LogP contribution in [0.1, 0.15) is 0 Å². The van der Waals surface area contributed by atoms with E-state index in [1.807, 2.05) is 0 Å². The van der Waals surface area contributed by atoms with Crippen LogP contribution in [0.2, 0.25) is 10.0 Å². The van der Waals surface area contributed by atoms with Gasteiger partial charge in [-0.15, -0.1) is 0 Å². The van der Waals surface area contributed by atoms with E-state index in [4.69, 9.17) is 27.9 Å². The number of carboxylic acid groups (broad SMARTS) is 1. The van der Waals surface area contributed by atoms with Gasteiger partial charge in [0.1, 0.15) is 6.61 Å². The van der Waals surface area contributed by atoms with E-state index in [0.29, 0.717) is 0 Å². The number of halogens is 2. The number of aliphatic carboxylic acids is 1. The molecule has 0 aromatic heterocycles. The second-order valence-corrected chi connectivity index (χ2v) is 3.03. The van der Waals surface area contributed by atoms with E-state index >= 15 is 0 Å². The maximum Gasteiger partial charge on any atom is 1.00 e. The van der Waals surface area contributed by atoms with Gasteiger partial charge in [0.25, 0.3) is 0 Å². The van der Waals surface area contributed by atoms with Crippen LogP contribution >= 0.6 is 23.2 Å². The van der Waals surface area contributed by atoms with Gasteiger partial charge in [-0.25, -0.2) is 0 Å². The van der Waals surface area contributed by atoms with Crippen LogP contribution in [0.15, 0.2) is 18.2 Å². The van der Waals surface area contributed by atoms with E-state index in [2.05, 4.69) is 0 Å². The third kappa shape index (κ3) is 4.07. The molecule has 1 rings (SSSR count). The van der Waals surface area contributed by atoms with Crippen LogP contribution in [0.3, 0.4) is 0 Å². The molecule has 0 heterocycles. The number of carboxylic acids is 1. The largest absolute Gasteiger partial charge is 1.00 e. The van der Waals surface area contributed by atoms with Crippen molar-refractivity contribution in [1.29, 1.82) is 0 Å². The predicted molar refractivity (Wildman–Crippen MR) is 47.0 cm³/mol. The number of carbonyl (C=O) groups excluding carboxylic acids is 1. The second-order valence-electron chi connectivity index (χ2n) is 2.21. The molecular weight excluding hydrogens is 238 g/mol. The number of para-hydroxylation sites is 1. The summed E-state index contributed by atoms with van der Waals surface area (Å²) in [5.41, 5.74) is 0. The zero-order chi connectivity index (χ0) is 9.84. The molecule has 0 fully saturated rings.